The molecule has 0 saturated carbocycles. The number of hydrogen-bond acceptors (Lipinski definition) is 3. The van der Waals surface area contributed by atoms with E-state index in [2.05, 4.69) is 34.3 Å². The zero-order valence-electron chi connectivity index (χ0n) is 13.3. The molecule has 0 fully saturated rings. The minimum absolute atomic E-state index is 0. The van der Waals surface area contributed by atoms with Crippen LogP contribution in [0.5, 0.6) is 0 Å². The number of carbonyl (C=O) groups is 1. The smallest absolute Gasteiger partial charge is 0.243 e. The molecule has 5 nitrogen and oxygen atoms in total. The molecule has 1 unspecified atom stereocenters. The maximum Gasteiger partial charge on any atom is 0.243 e. The highest BCUT2D eigenvalue weighted by Gasteiger charge is 2.09. The summed E-state index contributed by atoms with van der Waals surface area (Å²) in [5.41, 5.74) is 1.44. The molecule has 0 bridgehead atoms. The molecule has 1 N–H and O–H groups in total. The van der Waals surface area contributed by atoms with E-state index in [1.807, 2.05) is 29.9 Å². The summed E-state index contributed by atoms with van der Waals surface area (Å²) >= 11 is 0. The largest absolute Gasteiger partial charge is 1.00 e. The number of nitrogens with one attached hydrogen (secondary N) is 1. The molecule has 2 heterocycles. The summed E-state index contributed by atoms with van der Waals surface area (Å²) in [6.07, 6.45) is 7.22. The molecule has 22 heavy (non-hydrogen) atoms. The Kier molecular flexibility index (Phi) is 7.41. The Morgan fingerprint density at radius 1 is 1.45 bits per heavy atom. The van der Waals surface area contributed by atoms with Gasteiger partial charge in [0.1, 0.15) is 18.1 Å². The number of pyridine rings is 1. The molecule has 120 valence electrons. The van der Waals surface area contributed by atoms with Crippen LogP contribution < -0.4 is 26.9 Å². The van der Waals surface area contributed by atoms with Crippen LogP contribution in [0.25, 0.3) is 0 Å². The van der Waals surface area contributed by atoms with E-state index in [0.717, 1.165) is 25.2 Å². The van der Waals surface area contributed by atoms with Crippen molar-refractivity contribution >= 4 is 5.78 Å². The maximum absolute atomic E-state index is 11.4. The van der Waals surface area contributed by atoms with E-state index in [1.54, 1.807) is 13.0 Å². The van der Waals surface area contributed by atoms with Gasteiger partial charge in [-0.05, 0) is 32.0 Å². The van der Waals surface area contributed by atoms with Gasteiger partial charge in [0.15, 0.2) is 5.78 Å². The fourth-order valence-corrected chi connectivity index (χ4v) is 2.21. The van der Waals surface area contributed by atoms with Crippen LogP contribution in [-0.4, -0.2) is 21.9 Å². The molecule has 2 aromatic rings. The number of imidazole rings is 1. The van der Waals surface area contributed by atoms with Crippen LogP contribution in [0.4, 0.5) is 0 Å². The Morgan fingerprint density at radius 3 is 2.86 bits per heavy atom. The zero-order chi connectivity index (χ0) is 15.2. The van der Waals surface area contributed by atoms with Gasteiger partial charge in [-0.15, -0.1) is 0 Å². The zero-order valence-corrected chi connectivity index (χ0v) is 14.9. The Balaban J connectivity index is 0.00000242. The van der Waals surface area contributed by atoms with Crippen molar-refractivity contribution in [1.29, 1.82) is 0 Å². The van der Waals surface area contributed by atoms with Crippen molar-refractivity contribution in [3.8, 4) is 0 Å². The Labute approximate surface area is 142 Å². The predicted octanol–water partition coefficient (Wildman–Crippen LogP) is -1.34. The minimum Gasteiger partial charge on any atom is -1.00 e. The van der Waals surface area contributed by atoms with Crippen molar-refractivity contribution in [2.45, 2.75) is 32.9 Å². The van der Waals surface area contributed by atoms with Crippen LogP contribution in [0.2, 0.25) is 0 Å². The molecule has 0 radical (unpaired) electrons. The number of halogens is 1. The topological polar surface area (TPSA) is 50.8 Å². The lowest BCUT2D eigenvalue weighted by molar-refractivity contribution is -0.671. The van der Waals surface area contributed by atoms with E-state index in [4.69, 9.17) is 0 Å². The van der Waals surface area contributed by atoms with E-state index in [1.165, 1.54) is 0 Å². The van der Waals surface area contributed by atoms with Gasteiger partial charge in [0, 0.05) is 13.0 Å². The first-order valence-corrected chi connectivity index (χ1v) is 7.28. The average molecular weight is 367 g/mol. The summed E-state index contributed by atoms with van der Waals surface area (Å²) in [6.45, 7) is 5.51. The van der Waals surface area contributed by atoms with E-state index in [0.29, 0.717) is 5.69 Å². The number of ketones is 1. The SMILES string of the molecule is CC(=O)c1cccc(C(C)NCCCn2cc[n+](C)c2)n1.[Br-]. The lowest BCUT2D eigenvalue weighted by Gasteiger charge is -2.13. The third kappa shape index (κ3) is 5.35. The number of carbonyl (C=O) groups excluding carboxylic acids is 1. The van der Waals surface area contributed by atoms with Gasteiger partial charge in [-0.3, -0.25) is 4.79 Å². The molecule has 0 aliphatic carbocycles. The summed E-state index contributed by atoms with van der Waals surface area (Å²) in [6, 6.07) is 5.74. The van der Waals surface area contributed by atoms with Gasteiger partial charge in [-0.1, -0.05) is 6.07 Å². The van der Waals surface area contributed by atoms with Crippen LogP contribution in [0.3, 0.4) is 0 Å². The van der Waals surface area contributed by atoms with Gasteiger partial charge in [-0.2, -0.15) is 0 Å². The van der Waals surface area contributed by atoms with E-state index >= 15 is 0 Å². The molecule has 0 aromatic carbocycles. The van der Waals surface area contributed by atoms with E-state index in [9.17, 15) is 4.79 Å². The number of rotatable bonds is 7. The van der Waals surface area contributed by atoms with Gasteiger partial charge in [0.2, 0.25) is 6.33 Å². The number of aryl methyl sites for hydroxylation is 2. The highest BCUT2D eigenvalue weighted by Crippen LogP contribution is 2.10. The number of hydrogen-bond donors (Lipinski definition) is 1. The third-order valence-corrected chi connectivity index (χ3v) is 3.44. The lowest BCUT2D eigenvalue weighted by atomic mass is 10.2. The van der Waals surface area contributed by atoms with E-state index < -0.39 is 0 Å². The van der Waals surface area contributed by atoms with Crippen LogP contribution in [0.15, 0.2) is 36.9 Å². The summed E-state index contributed by atoms with van der Waals surface area (Å²) in [5, 5.41) is 3.45. The summed E-state index contributed by atoms with van der Waals surface area (Å²) in [4.78, 5) is 15.7. The third-order valence-electron chi connectivity index (χ3n) is 3.44. The summed E-state index contributed by atoms with van der Waals surface area (Å²) in [7, 11) is 2.02. The highest BCUT2D eigenvalue weighted by molar-refractivity contribution is 5.92. The quantitative estimate of drug-likeness (QED) is 0.374. The second-order valence-corrected chi connectivity index (χ2v) is 5.35. The van der Waals surface area contributed by atoms with Gasteiger partial charge in [0.25, 0.3) is 0 Å². The van der Waals surface area contributed by atoms with Crippen LogP contribution in [0, 0.1) is 0 Å². The fraction of sp³-hybridized carbons (Fsp3) is 0.438. The fourth-order valence-electron chi connectivity index (χ4n) is 2.21. The van der Waals surface area contributed by atoms with Gasteiger partial charge in [-0.25, -0.2) is 14.1 Å². The summed E-state index contributed by atoms with van der Waals surface area (Å²) in [5.74, 6) is 0.00419. The predicted molar refractivity (Wildman–Crippen MR) is 80.9 cm³/mol. The lowest BCUT2D eigenvalue weighted by Crippen LogP contribution is -3.00. The standard InChI is InChI=1S/C16H23N4O.BrH/c1-13(15-6-4-7-16(18-15)14(2)21)17-8-5-9-20-11-10-19(3)12-20;/h4,6-7,10-13,17H,5,8-9H2,1-3H3;1H/q+1;/p-1. The molecule has 0 aliphatic heterocycles. The van der Waals surface area contributed by atoms with Crippen molar-refractivity contribution in [2.24, 2.45) is 7.05 Å². The van der Waals surface area contributed by atoms with Crippen molar-refractivity contribution in [1.82, 2.24) is 14.9 Å². The summed E-state index contributed by atoms with van der Waals surface area (Å²) < 4.78 is 4.20. The molecule has 2 aromatic heterocycles. The molecular formula is C16H23BrN4O. The van der Waals surface area contributed by atoms with Gasteiger partial charge >= 0.3 is 0 Å². The highest BCUT2D eigenvalue weighted by atomic mass is 79.9. The molecular weight excluding hydrogens is 344 g/mol. The molecule has 0 saturated heterocycles. The second kappa shape index (κ2) is 8.80. The van der Waals surface area contributed by atoms with E-state index in [-0.39, 0.29) is 28.8 Å². The van der Waals surface area contributed by atoms with Gasteiger partial charge < -0.3 is 22.3 Å². The van der Waals surface area contributed by atoms with Crippen LogP contribution >= 0.6 is 0 Å². The van der Waals surface area contributed by atoms with Gasteiger partial charge in [0.05, 0.1) is 19.3 Å². The van der Waals surface area contributed by atoms with Crippen LogP contribution in [0.1, 0.15) is 42.5 Å². The van der Waals surface area contributed by atoms with Crippen molar-refractivity contribution in [3.63, 3.8) is 0 Å². The normalized spacial score (nSPS) is 11.8. The number of Topliss-reactive ketones (excluding diaryl/α,β-unsaturated/α-hetero) is 1. The molecule has 0 spiro atoms. The second-order valence-electron chi connectivity index (χ2n) is 5.35. The number of nitrogens with zero attached hydrogens (tertiary/aromatic N) is 3. The molecule has 2 rings (SSSR count). The molecule has 1 atom stereocenters. The monoisotopic (exact) mass is 366 g/mol. The Bertz CT molecular complexity index is 612. The Morgan fingerprint density at radius 2 is 2.23 bits per heavy atom. The van der Waals surface area contributed by atoms with Crippen molar-refractivity contribution in [3.05, 3.63) is 48.3 Å². The first kappa shape index (κ1) is 18.5. The molecule has 0 amide bonds. The van der Waals surface area contributed by atoms with Crippen molar-refractivity contribution in [2.75, 3.05) is 6.54 Å². The first-order valence-electron chi connectivity index (χ1n) is 7.28. The van der Waals surface area contributed by atoms with Crippen molar-refractivity contribution < 1.29 is 26.3 Å². The first-order chi connectivity index (χ1) is 10.1. The maximum atomic E-state index is 11.4. The average Bonchev–Trinajstić information content (AvgIpc) is 2.89. The minimum atomic E-state index is 0. The number of aromatic nitrogens is 3. The Hall–Kier alpha value is -1.53. The van der Waals surface area contributed by atoms with Crippen LogP contribution in [-0.2, 0) is 13.6 Å². The molecule has 6 heteroatoms. The molecule has 0 aliphatic rings.